The summed E-state index contributed by atoms with van der Waals surface area (Å²) >= 11 is 0. The molecule has 0 bridgehead atoms. The predicted octanol–water partition coefficient (Wildman–Crippen LogP) is 3.60. The van der Waals surface area contributed by atoms with Crippen molar-refractivity contribution in [3.8, 4) is 0 Å². The van der Waals surface area contributed by atoms with Gasteiger partial charge in [0.05, 0.1) is 6.10 Å². The van der Waals surface area contributed by atoms with Crippen molar-refractivity contribution in [2.45, 2.75) is 51.6 Å². The number of carbonyl (C=O) groups excluding carboxylic acids is 1. The molecule has 1 saturated carbocycles. The van der Waals surface area contributed by atoms with Gasteiger partial charge in [0, 0.05) is 18.7 Å². The number of hydrogen-bond acceptors (Lipinski definition) is 2. The topological polar surface area (TPSA) is 38.3 Å². The molecule has 0 aliphatic heterocycles. The van der Waals surface area contributed by atoms with Crippen molar-refractivity contribution in [1.29, 1.82) is 0 Å². The summed E-state index contributed by atoms with van der Waals surface area (Å²) in [6, 6.07) is 4.55. The van der Waals surface area contributed by atoms with Crippen molar-refractivity contribution in [3.05, 3.63) is 35.1 Å². The van der Waals surface area contributed by atoms with Gasteiger partial charge in [0.2, 0.25) is 0 Å². The second-order valence-electron chi connectivity index (χ2n) is 5.70. The van der Waals surface area contributed by atoms with Crippen LogP contribution in [0.25, 0.3) is 0 Å². The molecule has 116 valence electrons. The Morgan fingerprint density at radius 1 is 1.33 bits per heavy atom. The molecule has 2 rings (SSSR count). The molecule has 1 fully saturated rings. The van der Waals surface area contributed by atoms with E-state index in [1.165, 1.54) is 25.3 Å². The maximum atomic E-state index is 13.4. The van der Waals surface area contributed by atoms with Gasteiger partial charge in [-0.3, -0.25) is 4.79 Å². The lowest BCUT2D eigenvalue weighted by Gasteiger charge is -2.21. The molecule has 1 aromatic rings. The molecule has 21 heavy (non-hydrogen) atoms. The first kappa shape index (κ1) is 16.0. The van der Waals surface area contributed by atoms with Crippen molar-refractivity contribution in [2.24, 2.45) is 0 Å². The number of halogens is 1. The van der Waals surface area contributed by atoms with Gasteiger partial charge in [0.25, 0.3) is 5.91 Å². The molecule has 0 radical (unpaired) electrons. The minimum Gasteiger partial charge on any atom is -0.378 e. The number of carbonyl (C=O) groups is 1. The van der Waals surface area contributed by atoms with Crippen LogP contribution in [0, 0.1) is 12.7 Å². The van der Waals surface area contributed by atoms with E-state index in [4.69, 9.17) is 4.74 Å². The van der Waals surface area contributed by atoms with E-state index in [0.29, 0.717) is 30.4 Å². The molecule has 3 nitrogen and oxygen atoms in total. The summed E-state index contributed by atoms with van der Waals surface area (Å²) in [6.45, 7) is 2.91. The molecule has 4 heteroatoms. The molecule has 0 unspecified atom stereocenters. The van der Waals surface area contributed by atoms with E-state index in [9.17, 15) is 9.18 Å². The SMILES string of the molecule is Cc1ccc(C(=O)NCCCOC2CCCCC2)cc1F. The summed E-state index contributed by atoms with van der Waals surface area (Å²) in [7, 11) is 0. The van der Waals surface area contributed by atoms with Crippen LogP contribution in [-0.2, 0) is 4.74 Å². The lowest BCUT2D eigenvalue weighted by Crippen LogP contribution is -2.26. The quantitative estimate of drug-likeness (QED) is 0.814. The monoisotopic (exact) mass is 293 g/mol. The third-order valence-electron chi connectivity index (χ3n) is 3.95. The maximum Gasteiger partial charge on any atom is 0.251 e. The van der Waals surface area contributed by atoms with Crippen LogP contribution in [0.5, 0.6) is 0 Å². The zero-order chi connectivity index (χ0) is 15.1. The molecule has 0 aromatic heterocycles. The highest BCUT2D eigenvalue weighted by Gasteiger charge is 2.13. The fourth-order valence-corrected chi connectivity index (χ4v) is 2.59. The van der Waals surface area contributed by atoms with E-state index in [-0.39, 0.29) is 11.7 Å². The Hall–Kier alpha value is -1.42. The number of benzene rings is 1. The Bertz CT molecular complexity index is 470. The Kier molecular flexibility index (Phi) is 6.18. The van der Waals surface area contributed by atoms with Gasteiger partial charge in [-0.2, -0.15) is 0 Å². The third kappa shape index (κ3) is 5.12. The van der Waals surface area contributed by atoms with Gasteiger partial charge >= 0.3 is 0 Å². The van der Waals surface area contributed by atoms with Gasteiger partial charge in [0.1, 0.15) is 5.82 Å². The zero-order valence-electron chi connectivity index (χ0n) is 12.7. The fourth-order valence-electron chi connectivity index (χ4n) is 2.59. The van der Waals surface area contributed by atoms with Crippen LogP contribution in [0.4, 0.5) is 4.39 Å². The molecule has 0 saturated heterocycles. The molecular formula is C17H24FNO2. The zero-order valence-corrected chi connectivity index (χ0v) is 12.7. The second-order valence-corrected chi connectivity index (χ2v) is 5.70. The normalized spacial score (nSPS) is 15.9. The first-order chi connectivity index (χ1) is 10.2. The van der Waals surface area contributed by atoms with Crippen molar-refractivity contribution in [1.82, 2.24) is 5.32 Å². The standard InChI is InChI=1S/C17H24FNO2/c1-13-8-9-14(12-16(13)18)17(20)19-10-5-11-21-15-6-3-2-4-7-15/h8-9,12,15H,2-7,10-11H2,1H3,(H,19,20). The number of aryl methyl sites for hydroxylation is 1. The predicted molar refractivity (Wildman–Crippen MR) is 80.9 cm³/mol. The Morgan fingerprint density at radius 2 is 2.10 bits per heavy atom. The van der Waals surface area contributed by atoms with Crippen LogP contribution in [0.2, 0.25) is 0 Å². The molecule has 1 aromatic carbocycles. The van der Waals surface area contributed by atoms with Gasteiger partial charge in [-0.1, -0.05) is 25.3 Å². The van der Waals surface area contributed by atoms with E-state index in [1.807, 2.05) is 0 Å². The molecular weight excluding hydrogens is 269 g/mol. The summed E-state index contributed by atoms with van der Waals surface area (Å²) in [5, 5.41) is 2.80. The lowest BCUT2D eigenvalue weighted by atomic mass is 9.98. The smallest absolute Gasteiger partial charge is 0.251 e. The average molecular weight is 293 g/mol. The second kappa shape index (κ2) is 8.13. The molecule has 0 spiro atoms. The van der Waals surface area contributed by atoms with Crippen molar-refractivity contribution < 1.29 is 13.9 Å². The summed E-state index contributed by atoms with van der Waals surface area (Å²) in [5.41, 5.74) is 0.915. The number of rotatable bonds is 6. The van der Waals surface area contributed by atoms with Crippen LogP contribution in [0.3, 0.4) is 0 Å². The van der Waals surface area contributed by atoms with E-state index < -0.39 is 0 Å². The Labute approximate surface area is 125 Å². The molecule has 0 heterocycles. The van der Waals surface area contributed by atoms with Crippen LogP contribution in [-0.4, -0.2) is 25.2 Å². The highest BCUT2D eigenvalue weighted by Crippen LogP contribution is 2.20. The van der Waals surface area contributed by atoms with Gasteiger partial charge in [-0.15, -0.1) is 0 Å². The van der Waals surface area contributed by atoms with Crippen LogP contribution in [0.15, 0.2) is 18.2 Å². The molecule has 1 amide bonds. The molecule has 1 N–H and O–H groups in total. The third-order valence-corrected chi connectivity index (χ3v) is 3.95. The highest BCUT2D eigenvalue weighted by atomic mass is 19.1. The molecule has 1 aliphatic rings. The van der Waals surface area contributed by atoms with Crippen molar-refractivity contribution >= 4 is 5.91 Å². The van der Waals surface area contributed by atoms with Crippen LogP contribution >= 0.6 is 0 Å². The minimum atomic E-state index is -0.344. The Morgan fingerprint density at radius 3 is 2.81 bits per heavy atom. The maximum absolute atomic E-state index is 13.4. The van der Waals surface area contributed by atoms with E-state index >= 15 is 0 Å². The van der Waals surface area contributed by atoms with Gasteiger partial charge in [0.15, 0.2) is 0 Å². The van der Waals surface area contributed by atoms with E-state index in [0.717, 1.165) is 19.3 Å². The number of ether oxygens (including phenoxy) is 1. The lowest BCUT2D eigenvalue weighted by molar-refractivity contribution is 0.0273. The van der Waals surface area contributed by atoms with Crippen molar-refractivity contribution in [3.63, 3.8) is 0 Å². The fraction of sp³-hybridized carbons (Fsp3) is 0.588. The van der Waals surface area contributed by atoms with Gasteiger partial charge < -0.3 is 10.1 Å². The summed E-state index contributed by atoms with van der Waals surface area (Å²) in [4.78, 5) is 11.9. The summed E-state index contributed by atoms with van der Waals surface area (Å²) in [6.07, 6.45) is 7.37. The average Bonchev–Trinajstić information content (AvgIpc) is 2.50. The number of hydrogen-bond donors (Lipinski definition) is 1. The van der Waals surface area contributed by atoms with Gasteiger partial charge in [-0.05, 0) is 43.9 Å². The largest absolute Gasteiger partial charge is 0.378 e. The first-order valence-corrected chi connectivity index (χ1v) is 7.83. The van der Waals surface area contributed by atoms with Gasteiger partial charge in [-0.25, -0.2) is 4.39 Å². The van der Waals surface area contributed by atoms with Crippen molar-refractivity contribution in [2.75, 3.05) is 13.2 Å². The highest BCUT2D eigenvalue weighted by molar-refractivity contribution is 5.94. The van der Waals surface area contributed by atoms with Crippen LogP contribution < -0.4 is 5.32 Å². The van der Waals surface area contributed by atoms with Crippen LogP contribution in [0.1, 0.15) is 54.4 Å². The minimum absolute atomic E-state index is 0.230. The first-order valence-electron chi connectivity index (χ1n) is 7.83. The molecule has 0 atom stereocenters. The summed E-state index contributed by atoms with van der Waals surface area (Å²) < 4.78 is 19.2. The number of amides is 1. The Balaban J connectivity index is 1.63. The van der Waals surface area contributed by atoms with E-state index in [1.54, 1.807) is 19.1 Å². The number of nitrogens with one attached hydrogen (secondary N) is 1. The molecule has 1 aliphatic carbocycles. The van der Waals surface area contributed by atoms with E-state index in [2.05, 4.69) is 5.32 Å². The summed E-state index contributed by atoms with van der Waals surface area (Å²) in [5.74, 6) is -0.574.